The molecule has 1 amide bonds. The summed E-state index contributed by atoms with van der Waals surface area (Å²) in [7, 11) is 0. The van der Waals surface area contributed by atoms with Gasteiger partial charge in [0, 0.05) is 23.7 Å². The summed E-state index contributed by atoms with van der Waals surface area (Å²) in [6.07, 6.45) is 7.46. The van der Waals surface area contributed by atoms with E-state index in [2.05, 4.69) is 5.16 Å². The number of benzene rings is 2. The molecule has 0 atom stereocenters. The van der Waals surface area contributed by atoms with Crippen LogP contribution in [0.4, 0.5) is 5.69 Å². The van der Waals surface area contributed by atoms with E-state index in [1.54, 1.807) is 12.1 Å². The topological polar surface area (TPSA) is 81.9 Å². The van der Waals surface area contributed by atoms with Gasteiger partial charge in [0.05, 0.1) is 21.0 Å². The lowest BCUT2D eigenvalue weighted by Gasteiger charge is -2.30. The number of hydrogen-bond donors (Lipinski definition) is 0. The fraction of sp³-hybridized carbons (Fsp3) is 0.452. The van der Waals surface area contributed by atoms with Gasteiger partial charge in [-0.3, -0.25) is 9.59 Å². The summed E-state index contributed by atoms with van der Waals surface area (Å²) in [6.45, 7) is 1.51. The van der Waals surface area contributed by atoms with E-state index in [0.717, 1.165) is 73.9 Å². The summed E-state index contributed by atoms with van der Waals surface area (Å²) in [5.74, 6) is 2.49. The Morgan fingerprint density at radius 1 is 1.05 bits per heavy atom. The summed E-state index contributed by atoms with van der Waals surface area (Å²) >= 11 is 13.0. The van der Waals surface area contributed by atoms with Gasteiger partial charge in [-0.2, -0.15) is 0 Å². The highest BCUT2D eigenvalue weighted by atomic mass is 35.5. The van der Waals surface area contributed by atoms with Crippen LogP contribution in [0.3, 0.4) is 0 Å². The van der Waals surface area contributed by atoms with Gasteiger partial charge in [-0.15, -0.1) is 0 Å². The van der Waals surface area contributed by atoms with Crippen LogP contribution in [0.2, 0.25) is 10.0 Å². The molecule has 2 heterocycles. The number of rotatable bonds is 9. The number of halogens is 2. The third-order valence-corrected chi connectivity index (χ3v) is 9.64. The van der Waals surface area contributed by atoms with E-state index in [4.69, 9.17) is 37.2 Å². The fourth-order valence-corrected chi connectivity index (χ4v) is 7.06. The highest BCUT2D eigenvalue weighted by Crippen LogP contribution is 2.58. The van der Waals surface area contributed by atoms with E-state index >= 15 is 0 Å². The number of anilines is 1. The van der Waals surface area contributed by atoms with Crippen LogP contribution in [0, 0.1) is 5.92 Å². The fourth-order valence-electron chi connectivity index (χ4n) is 6.49. The molecule has 0 unspecified atom stereocenters. The van der Waals surface area contributed by atoms with Crippen molar-refractivity contribution in [3.05, 3.63) is 63.3 Å². The van der Waals surface area contributed by atoms with E-state index in [1.807, 2.05) is 29.2 Å². The number of nitrogens with zero attached hydrogens (tertiary/aromatic N) is 2. The predicted octanol–water partition coefficient (Wildman–Crippen LogP) is 7.21. The number of carbonyl (C=O) groups excluding carboxylic acids is 2. The van der Waals surface area contributed by atoms with Crippen LogP contribution >= 0.6 is 23.2 Å². The zero-order valence-corrected chi connectivity index (χ0v) is 23.5. The number of fused-ring (bicyclic) bond motifs is 2. The average molecular weight is 581 g/mol. The molecule has 0 saturated heterocycles. The first-order valence-electron chi connectivity index (χ1n) is 14.1. The minimum absolute atomic E-state index is 0.00473. The molecular formula is C31H30Cl2N2O5. The van der Waals surface area contributed by atoms with Crippen molar-refractivity contribution in [2.24, 2.45) is 5.92 Å². The minimum Gasteiger partial charge on any atom is -0.489 e. The number of amides is 1. The SMILES string of the molecule is O=COC1CCC(CN2C(=O)C3(CC3)c3cc(OCc4c(-c5c(Cl)cccc5Cl)noc4C4CC4)ccc32)CC1. The molecule has 3 aromatic rings. The second kappa shape index (κ2) is 10.1. The molecule has 0 bridgehead atoms. The van der Waals surface area contributed by atoms with Gasteiger partial charge < -0.3 is 18.9 Å². The quantitative estimate of drug-likeness (QED) is 0.248. The molecule has 1 spiro atoms. The van der Waals surface area contributed by atoms with Crippen LogP contribution in [0.1, 0.15) is 74.2 Å². The van der Waals surface area contributed by atoms with Gasteiger partial charge in [-0.1, -0.05) is 34.4 Å². The van der Waals surface area contributed by atoms with Gasteiger partial charge in [-0.05, 0) is 93.2 Å². The van der Waals surface area contributed by atoms with E-state index in [1.165, 1.54) is 0 Å². The monoisotopic (exact) mass is 580 g/mol. The highest BCUT2D eigenvalue weighted by Gasteiger charge is 2.59. The lowest BCUT2D eigenvalue weighted by Crippen LogP contribution is -2.37. The Labute approximate surface area is 242 Å². The summed E-state index contributed by atoms with van der Waals surface area (Å²) in [6, 6.07) is 11.4. The lowest BCUT2D eigenvalue weighted by atomic mass is 9.87. The molecule has 2 aromatic carbocycles. The van der Waals surface area contributed by atoms with Crippen molar-refractivity contribution < 1.29 is 23.6 Å². The predicted molar refractivity (Wildman–Crippen MR) is 151 cm³/mol. The van der Waals surface area contributed by atoms with Crippen molar-refractivity contribution in [1.29, 1.82) is 0 Å². The Kier molecular flexibility index (Phi) is 6.55. The zero-order valence-electron chi connectivity index (χ0n) is 22.0. The number of aromatic nitrogens is 1. The number of hydrogen-bond acceptors (Lipinski definition) is 6. The second-order valence-corrected chi connectivity index (χ2v) is 12.4. The van der Waals surface area contributed by atoms with Gasteiger partial charge in [0.1, 0.15) is 29.9 Å². The molecule has 0 N–H and O–H groups in total. The molecule has 7 rings (SSSR count). The van der Waals surface area contributed by atoms with E-state index in [0.29, 0.717) is 51.9 Å². The van der Waals surface area contributed by atoms with Crippen molar-refractivity contribution in [2.75, 3.05) is 11.4 Å². The Balaban J connectivity index is 1.12. The molecule has 7 nitrogen and oxygen atoms in total. The first-order chi connectivity index (χ1) is 19.5. The van der Waals surface area contributed by atoms with Crippen LogP contribution in [-0.4, -0.2) is 30.2 Å². The van der Waals surface area contributed by atoms with Crippen LogP contribution in [0.25, 0.3) is 11.3 Å². The minimum atomic E-state index is -0.418. The molecule has 4 aliphatic rings. The van der Waals surface area contributed by atoms with Crippen LogP contribution < -0.4 is 9.64 Å². The Bertz CT molecular complexity index is 1450. The van der Waals surface area contributed by atoms with Gasteiger partial charge >= 0.3 is 0 Å². The van der Waals surface area contributed by atoms with Gasteiger partial charge in [-0.25, -0.2) is 0 Å². The largest absolute Gasteiger partial charge is 0.489 e. The van der Waals surface area contributed by atoms with Gasteiger partial charge in [0.25, 0.3) is 6.47 Å². The molecule has 1 aromatic heterocycles. The normalized spacial score (nSPS) is 22.9. The van der Waals surface area contributed by atoms with Crippen molar-refractivity contribution in [3.8, 4) is 17.0 Å². The average Bonchev–Trinajstić information content (AvgIpc) is 3.89. The third-order valence-electron chi connectivity index (χ3n) is 9.01. The van der Waals surface area contributed by atoms with Crippen molar-refractivity contribution >= 4 is 41.3 Å². The molecule has 9 heteroatoms. The van der Waals surface area contributed by atoms with Crippen LogP contribution in [-0.2, 0) is 26.3 Å². The Hall–Kier alpha value is -3.03. The molecule has 3 aliphatic carbocycles. The summed E-state index contributed by atoms with van der Waals surface area (Å²) in [4.78, 5) is 26.3. The van der Waals surface area contributed by atoms with E-state index < -0.39 is 5.41 Å². The van der Waals surface area contributed by atoms with Crippen molar-refractivity contribution in [1.82, 2.24) is 5.16 Å². The third kappa shape index (κ3) is 4.47. The molecule has 3 saturated carbocycles. The number of ether oxygens (including phenoxy) is 2. The molecule has 40 heavy (non-hydrogen) atoms. The van der Waals surface area contributed by atoms with Crippen LogP contribution in [0.5, 0.6) is 5.75 Å². The zero-order chi connectivity index (χ0) is 27.4. The second-order valence-electron chi connectivity index (χ2n) is 11.6. The molecular weight excluding hydrogens is 551 g/mol. The first-order valence-corrected chi connectivity index (χ1v) is 14.9. The van der Waals surface area contributed by atoms with Crippen molar-refractivity contribution in [3.63, 3.8) is 0 Å². The summed E-state index contributed by atoms with van der Waals surface area (Å²) < 4.78 is 17.3. The molecule has 3 fully saturated rings. The van der Waals surface area contributed by atoms with Crippen LogP contribution in [0.15, 0.2) is 40.9 Å². The summed E-state index contributed by atoms with van der Waals surface area (Å²) in [5.41, 5.74) is 3.78. The standard InChI is InChI=1S/C31H30Cl2N2O5/c32-24-2-1-3-25(33)27(24)28-22(29(40-34-28)19-6-7-19)16-38-21-10-11-26-23(14-21)31(12-13-31)30(37)35(26)15-18-4-8-20(9-5-18)39-17-36/h1-3,10-11,14,17-20H,4-9,12-13,15-16H2. The first kappa shape index (κ1) is 25.9. The smallest absolute Gasteiger partial charge is 0.293 e. The maximum absolute atomic E-state index is 13.6. The lowest BCUT2D eigenvalue weighted by molar-refractivity contribution is -0.135. The van der Waals surface area contributed by atoms with Crippen molar-refractivity contribution in [2.45, 2.75) is 75.4 Å². The number of carbonyl (C=O) groups is 2. The van der Waals surface area contributed by atoms with Gasteiger partial charge in [0.15, 0.2) is 0 Å². The maximum Gasteiger partial charge on any atom is 0.293 e. The maximum atomic E-state index is 13.6. The molecule has 208 valence electrons. The molecule has 0 radical (unpaired) electrons. The summed E-state index contributed by atoms with van der Waals surface area (Å²) in [5, 5.41) is 5.39. The van der Waals surface area contributed by atoms with E-state index in [9.17, 15) is 9.59 Å². The van der Waals surface area contributed by atoms with E-state index in [-0.39, 0.29) is 18.6 Å². The van der Waals surface area contributed by atoms with Gasteiger partial charge in [0.2, 0.25) is 5.91 Å². The Morgan fingerprint density at radius 3 is 2.48 bits per heavy atom. The highest BCUT2D eigenvalue weighted by molar-refractivity contribution is 6.39. The molecule has 1 aliphatic heterocycles. The Morgan fingerprint density at radius 2 is 1.80 bits per heavy atom.